The van der Waals surface area contributed by atoms with Gasteiger partial charge in [-0.25, -0.2) is 4.98 Å². The summed E-state index contributed by atoms with van der Waals surface area (Å²) in [7, 11) is 1.87. The van der Waals surface area contributed by atoms with Crippen molar-refractivity contribution in [1.82, 2.24) is 14.8 Å². The molecule has 0 amide bonds. The fraction of sp³-hybridized carbons (Fsp3) is 0.875. The molecule has 1 rings (SSSR count). The van der Waals surface area contributed by atoms with Gasteiger partial charge in [0.1, 0.15) is 12.2 Å². The van der Waals surface area contributed by atoms with Gasteiger partial charge in [-0.3, -0.25) is 4.68 Å². The van der Waals surface area contributed by atoms with Gasteiger partial charge in [-0.05, 0) is 6.42 Å². The number of rotatable bonds is 12. The van der Waals surface area contributed by atoms with Crippen LogP contribution in [0.25, 0.3) is 0 Å². The molecule has 0 spiro atoms. The largest absolute Gasteiger partial charge is 0.393 e. The lowest BCUT2D eigenvalue weighted by Crippen LogP contribution is -2.14. The van der Waals surface area contributed by atoms with Crippen LogP contribution in [0, 0.1) is 0 Å². The second-order valence-electron chi connectivity index (χ2n) is 5.77. The third-order valence-corrected chi connectivity index (χ3v) is 3.86. The summed E-state index contributed by atoms with van der Waals surface area (Å²) in [6.07, 6.45) is 14.7. The Hall–Kier alpha value is -0.900. The Morgan fingerprint density at radius 2 is 1.65 bits per heavy atom. The van der Waals surface area contributed by atoms with Gasteiger partial charge >= 0.3 is 0 Å². The van der Waals surface area contributed by atoms with Crippen molar-refractivity contribution in [2.24, 2.45) is 7.05 Å². The molecule has 0 bridgehead atoms. The highest BCUT2D eigenvalue weighted by molar-refractivity contribution is 4.86. The minimum Gasteiger partial charge on any atom is -0.393 e. The maximum atomic E-state index is 9.96. The predicted molar refractivity (Wildman–Crippen MR) is 82.6 cm³/mol. The third kappa shape index (κ3) is 7.63. The van der Waals surface area contributed by atoms with E-state index < -0.39 is 0 Å². The quantitative estimate of drug-likeness (QED) is 0.595. The fourth-order valence-electron chi connectivity index (χ4n) is 2.51. The molecule has 0 radical (unpaired) electrons. The topological polar surface area (TPSA) is 50.9 Å². The van der Waals surface area contributed by atoms with E-state index in [1.807, 2.05) is 7.05 Å². The van der Waals surface area contributed by atoms with Gasteiger partial charge < -0.3 is 5.11 Å². The fourth-order valence-corrected chi connectivity index (χ4v) is 2.51. The highest BCUT2D eigenvalue weighted by Gasteiger charge is 2.09. The smallest absolute Gasteiger partial charge is 0.138 e. The molecule has 1 aromatic rings. The number of aliphatic hydroxyl groups is 1. The van der Waals surface area contributed by atoms with Crippen LogP contribution in [0.1, 0.15) is 77.0 Å². The molecule has 0 aliphatic rings. The number of hydrogen-bond acceptors (Lipinski definition) is 3. The molecule has 20 heavy (non-hydrogen) atoms. The Morgan fingerprint density at radius 3 is 2.20 bits per heavy atom. The molecule has 1 aromatic heterocycles. The van der Waals surface area contributed by atoms with Crippen molar-refractivity contribution in [3.63, 3.8) is 0 Å². The first-order valence-corrected chi connectivity index (χ1v) is 8.25. The van der Waals surface area contributed by atoms with Crippen molar-refractivity contribution in [2.75, 3.05) is 0 Å². The maximum Gasteiger partial charge on any atom is 0.138 e. The van der Waals surface area contributed by atoms with Crippen molar-refractivity contribution >= 4 is 0 Å². The lowest BCUT2D eigenvalue weighted by molar-refractivity contribution is 0.157. The first-order chi connectivity index (χ1) is 9.74. The third-order valence-electron chi connectivity index (χ3n) is 3.86. The molecule has 116 valence electrons. The van der Waals surface area contributed by atoms with Crippen LogP contribution < -0.4 is 0 Å². The zero-order chi connectivity index (χ0) is 14.6. The van der Waals surface area contributed by atoms with E-state index in [4.69, 9.17) is 0 Å². The van der Waals surface area contributed by atoms with Crippen LogP contribution in [0.5, 0.6) is 0 Å². The van der Waals surface area contributed by atoms with Crippen molar-refractivity contribution < 1.29 is 5.11 Å². The van der Waals surface area contributed by atoms with E-state index in [0.717, 1.165) is 18.7 Å². The van der Waals surface area contributed by atoms with Crippen molar-refractivity contribution in [2.45, 2.75) is 83.7 Å². The van der Waals surface area contributed by atoms with Gasteiger partial charge in [0.2, 0.25) is 0 Å². The standard InChI is InChI=1S/C16H31N3O/c1-3-4-5-6-7-8-9-10-11-12-15(20)13-16-17-14-18-19(16)2/h14-15,20H,3-13H2,1-2H3. The molecule has 4 nitrogen and oxygen atoms in total. The molecule has 1 heterocycles. The summed E-state index contributed by atoms with van der Waals surface area (Å²) >= 11 is 0. The van der Waals surface area contributed by atoms with E-state index in [-0.39, 0.29) is 6.10 Å². The molecule has 1 N–H and O–H groups in total. The predicted octanol–water partition coefficient (Wildman–Crippen LogP) is 3.64. The first-order valence-electron chi connectivity index (χ1n) is 8.25. The summed E-state index contributed by atoms with van der Waals surface area (Å²) in [6.45, 7) is 2.26. The average Bonchev–Trinajstić information content (AvgIpc) is 2.82. The van der Waals surface area contributed by atoms with Crippen molar-refractivity contribution in [1.29, 1.82) is 0 Å². The van der Waals surface area contributed by atoms with E-state index >= 15 is 0 Å². The Bertz CT molecular complexity index is 338. The zero-order valence-electron chi connectivity index (χ0n) is 13.2. The minimum atomic E-state index is -0.276. The summed E-state index contributed by atoms with van der Waals surface area (Å²) < 4.78 is 1.74. The minimum absolute atomic E-state index is 0.276. The second-order valence-corrected chi connectivity index (χ2v) is 5.77. The number of aryl methyl sites for hydroxylation is 1. The molecule has 1 atom stereocenters. The SMILES string of the molecule is CCCCCCCCCCCC(O)Cc1ncnn1C. The van der Waals surface area contributed by atoms with Crippen LogP contribution in [-0.4, -0.2) is 26.0 Å². The molecular weight excluding hydrogens is 250 g/mol. The Morgan fingerprint density at radius 1 is 1.05 bits per heavy atom. The summed E-state index contributed by atoms with van der Waals surface area (Å²) in [6, 6.07) is 0. The van der Waals surface area contributed by atoms with E-state index in [1.165, 1.54) is 51.4 Å². The monoisotopic (exact) mass is 281 g/mol. The average molecular weight is 281 g/mol. The van der Waals surface area contributed by atoms with Gasteiger partial charge in [0.15, 0.2) is 0 Å². The van der Waals surface area contributed by atoms with Gasteiger partial charge in [0.25, 0.3) is 0 Å². The lowest BCUT2D eigenvalue weighted by Gasteiger charge is -2.09. The number of nitrogens with zero attached hydrogens (tertiary/aromatic N) is 3. The summed E-state index contributed by atoms with van der Waals surface area (Å²) in [5.74, 6) is 0.869. The van der Waals surface area contributed by atoms with Crippen LogP contribution >= 0.6 is 0 Å². The van der Waals surface area contributed by atoms with Gasteiger partial charge in [-0.15, -0.1) is 0 Å². The molecule has 0 saturated heterocycles. The van der Waals surface area contributed by atoms with Gasteiger partial charge in [0.05, 0.1) is 6.10 Å². The molecule has 0 saturated carbocycles. The van der Waals surface area contributed by atoms with E-state index in [9.17, 15) is 5.11 Å². The molecule has 0 fully saturated rings. The van der Waals surface area contributed by atoms with Crippen molar-refractivity contribution in [3.05, 3.63) is 12.2 Å². The molecule has 0 aliphatic heterocycles. The van der Waals surface area contributed by atoms with Crippen molar-refractivity contribution in [3.8, 4) is 0 Å². The first kappa shape index (κ1) is 17.2. The summed E-state index contributed by atoms with van der Waals surface area (Å²) in [5.41, 5.74) is 0. The molecule has 4 heteroatoms. The number of unbranched alkanes of at least 4 members (excludes halogenated alkanes) is 8. The number of aliphatic hydroxyl groups excluding tert-OH is 1. The van der Waals surface area contributed by atoms with E-state index in [0.29, 0.717) is 6.42 Å². The van der Waals surface area contributed by atoms with Crippen LogP contribution in [-0.2, 0) is 13.5 Å². The number of hydrogen-bond donors (Lipinski definition) is 1. The number of aromatic nitrogens is 3. The zero-order valence-corrected chi connectivity index (χ0v) is 13.2. The maximum absolute atomic E-state index is 9.96. The summed E-state index contributed by atoms with van der Waals surface area (Å²) in [5, 5.41) is 14.0. The van der Waals surface area contributed by atoms with Crippen LogP contribution in [0.4, 0.5) is 0 Å². The van der Waals surface area contributed by atoms with Gasteiger partial charge in [0, 0.05) is 13.5 Å². The van der Waals surface area contributed by atoms with Crippen LogP contribution in [0.2, 0.25) is 0 Å². The van der Waals surface area contributed by atoms with E-state index in [2.05, 4.69) is 17.0 Å². The normalized spacial score (nSPS) is 12.8. The Kier molecular flexibility index (Phi) is 9.29. The highest BCUT2D eigenvalue weighted by atomic mass is 16.3. The molecular formula is C16H31N3O. The van der Waals surface area contributed by atoms with Gasteiger partial charge in [-0.2, -0.15) is 5.10 Å². The van der Waals surface area contributed by atoms with Crippen LogP contribution in [0.15, 0.2) is 6.33 Å². The molecule has 0 aliphatic carbocycles. The summed E-state index contributed by atoms with van der Waals surface area (Å²) in [4.78, 5) is 4.14. The molecule has 1 unspecified atom stereocenters. The Balaban J connectivity index is 1.92. The molecule has 0 aromatic carbocycles. The van der Waals surface area contributed by atoms with Crippen LogP contribution in [0.3, 0.4) is 0 Å². The lowest BCUT2D eigenvalue weighted by atomic mass is 10.0. The van der Waals surface area contributed by atoms with Gasteiger partial charge in [-0.1, -0.05) is 64.7 Å². The highest BCUT2D eigenvalue weighted by Crippen LogP contribution is 2.12. The Labute approximate surface area is 123 Å². The van der Waals surface area contributed by atoms with E-state index in [1.54, 1.807) is 11.0 Å². The second kappa shape index (κ2) is 10.8.